The van der Waals surface area contributed by atoms with Crippen LogP contribution >= 0.6 is 11.6 Å². The topological polar surface area (TPSA) is 67.8 Å². The molecule has 1 heterocycles. The summed E-state index contributed by atoms with van der Waals surface area (Å²) in [5.41, 5.74) is -0.604. The summed E-state index contributed by atoms with van der Waals surface area (Å²) in [4.78, 5) is 12.2. The standard InChI is InChI=1S/C15H20ClNO4/c1-11(21-13-4-2-12(16)3-5-13)14(19)17-15(10-18)6-8-20-9-7-15/h2-5,11,18H,6-10H2,1H3,(H,17,19). The first-order valence-corrected chi connectivity index (χ1v) is 7.35. The molecule has 116 valence electrons. The van der Waals surface area contributed by atoms with Crippen LogP contribution in [0.4, 0.5) is 0 Å². The average Bonchev–Trinajstić information content (AvgIpc) is 2.50. The first-order chi connectivity index (χ1) is 10.0. The SMILES string of the molecule is CC(Oc1ccc(Cl)cc1)C(=O)NC1(CO)CCOCC1. The van der Waals surface area contributed by atoms with Gasteiger partial charge in [-0.25, -0.2) is 0 Å². The molecule has 0 aliphatic carbocycles. The van der Waals surface area contributed by atoms with Crippen molar-refractivity contribution in [2.75, 3.05) is 19.8 Å². The molecular weight excluding hydrogens is 294 g/mol. The predicted octanol–water partition coefficient (Wildman–Crippen LogP) is 1.76. The van der Waals surface area contributed by atoms with Crippen molar-refractivity contribution in [2.45, 2.75) is 31.4 Å². The van der Waals surface area contributed by atoms with E-state index in [1.807, 2.05) is 0 Å². The van der Waals surface area contributed by atoms with Gasteiger partial charge >= 0.3 is 0 Å². The summed E-state index contributed by atoms with van der Waals surface area (Å²) < 4.78 is 10.8. The van der Waals surface area contributed by atoms with Crippen molar-refractivity contribution in [2.24, 2.45) is 0 Å². The zero-order valence-corrected chi connectivity index (χ0v) is 12.7. The Morgan fingerprint density at radius 1 is 1.43 bits per heavy atom. The van der Waals surface area contributed by atoms with Gasteiger partial charge in [-0.15, -0.1) is 0 Å². The Hall–Kier alpha value is -1.30. The second kappa shape index (κ2) is 7.11. The molecule has 5 nitrogen and oxygen atoms in total. The smallest absolute Gasteiger partial charge is 0.261 e. The zero-order valence-electron chi connectivity index (χ0n) is 12.0. The number of carbonyl (C=O) groups excluding carboxylic acids is 1. The maximum atomic E-state index is 12.2. The number of carbonyl (C=O) groups is 1. The lowest BCUT2D eigenvalue weighted by Gasteiger charge is -2.37. The Kier molecular flexibility index (Phi) is 5.45. The molecule has 0 bridgehead atoms. The molecule has 1 aromatic carbocycles. The van der Waals surface area contributed by atoms with E-state index in [-0.39, 0.29) is 12.5 Å². The highest BCUT2D eigenvalue weighted by Gasteiger charge is 2.35. The summed E-state index contributed by atoms with van der Waals surface area (Å²) in [6, 6.07) is 6.83. The summed E-state index contributed by atoms with van der Waals surface area (Å²) in [7, 11) is 0. The van der Waals surface area contributed by atoms with Crippen LogP contribution in [-0.4, -0.2) is 42.5 Å². The molecule has 2 N–H and O–H groups in total. The number of benzene rings is 1. The number of amides is 1. The number of halogens is 1. The van der Waals surface area contributed by atoms with E-state index in [1.54, 1.807) is 31.2 Å². The van der Waals surface area contributed by atoms with Crippen molar-refractivity contribution in [3.05, 3.63) is 29.3 Å². The molecule has 0 spiro atoms. The van der Waals surface area contributed by atoms with Gasteiger partial charge in [-0.2, -0.15) is 0 Å². The molecule has 0 radical (unpaired) electrons. The molecule has 0 aromatic heterocycles. The summed E-state index contributed by atoms with van der Waals surface area (Å²) in [5.74, 6) is 0.327. The number of rotatable bonds is 5. The Balaban J connectivity index is 1.93. The van der Waals surface area contributed by atoms with Crippen LogP contribution in [0.2, 0.25) is 5.02 Å². The second-order valence-electron chi connectivity index (χ2n) is 5.25. The first-order valence-electron chi connectivity index (χ1n) is 6.97. The Morgan fingerprint density at radius 2 is 2.05 bits per heavy atom. The average molecular weight is 314 g/mol. The highest BCUT2D eigenvalue weighted by Crippen LogP contribution is 2.21. The van der Waals surface area contributed by atoms with Gasteiger partial charge in [-0.1, -0.05) is 11.6 Å². The van der Waals surface area contributed by atoms with Gasteiger partial charge in [0.05, 0.1) is 12.1 Å². The highest BCUT2D eigenvalue weighted by atomic mass is 35.5. The molecule has 1 aliphatic heterocycles. The molecule has 2 rings (SSSR count). The van der Waals surface area contributed by atoms with Gasteiger partial charge in [0.1, 0.15) is 5.75 Å². The normalized spacial score (nSPS) is 18.8. The first kappa shape index (κ1) is 16.1. The van der Waals surface area contributed by atoms with Gasteiger partial charge in [-0.3, -0.25) is 4.79 Å². The van der Waals surface area contributed by atoms with Crippen LogP contribution in [0.5, 0.6) is 5.75 Å². The molecule has 1 aromatic rings. The minimum atomic E-state index is -0.655. The summed E-state index contributed by atoms with van der Waals surface area (Å²) in [6.45, 7) is 2.64. The van der Waals surface area contributed by atoms with Crippen LogP contribution in [0.1, 0.15) is 19.8 Å². The highest BCUT2D eigenvalue weighted by molar-refractivity contribution is 6.30. The van der Waals surface area contributed by atoms with Crippen LogP contribution < -0.4 is 10.1 Å². The number of hydrogen-bond donors (Lipinski definition) is 2. The molecule has 1 amide bonds. The molecule has 1 fully saturated rings. The Bertz CT molecular complexity index is 471. The molecule has 1 unspecified atom stereocenters. The molecular formula is C15H20ClNO4. The van der Waals surface area contributed by atoms with Gasteiger partial charge in [0.25, 0.3) is 5.91 Å². The maximum Gasteiger partial charge on any atom is 0.261 e. The fourth-order valence-electron chi connectivity index (χ4n) is 2.22. The molecule has 1 saturated heterocycles. The van der Waals surface area contributed by atoms with Gasteiger partial charge < -0.3 is 19.9 Å². The lowest BCUT2D eigenvalue weighted by Crippen LogP contribution is -2.57. The monoisotopic (exact) mass is 313 g/mol. The van der Waals surface area contributed by atoms with Crippen molar-refractivity contribution in [1.82, 2.24) is 5.32 Å². The van der Waals surface area contributed by atoms with Crippen LogP contribution in [0.25, 0.3) is 0 Å². The van der Waals surface area contributed by atoms with E-state index < -0.39 is 11.6 Å². The van der Waals surface area contributed by atoms with Crippen LogP contribution in [0.15, 0.2) is 24.3 Å². The number of hydrogen-bond acceptors (Lipinski definition) is 4. The fraction of sp³-hybridized carbons (Fsp3) is 0.533. The van der Waals surface area contributed by atoms with Gasteiger partial charge in [-0.05, 0) is 44.0 Å². The molecule has 6 heteroatoms. The van der Waals surface area contributed by atoms with Crippen LogP contribution in [-0.2, 0) is 9.53 Å². The minimum Gasteiger partial charge on any atom is -0.481 e. The van der Waals surface area contributed by atoms with Crippen molar-refractivity contribution in [3.8, 4) is 5.75 Å². The van der Waals surface area contributed by atoms with E-state index in [0.717, 1.165) is 0 Å². The third-order valence-electron chi connectivity index (χ3n) is 3.64. The van der Waals surface area contributed by atoms with E-state index >= 15 is 0 Å². The van der Waals surface area contributed by atoms with E-state index in [9.17, 15) is 9.90 Å². The third-order valence-corrected chi connectivity index (χ3v) is 3.89. The lowest BCUT2D eigenvalue weighted by molar-refractivity contribution is -0.131. The maximum absolute atomic E-state index is 12.2. The lowest BCUT2D eigenvalue weighted by atomic mass is 9.91. The quantitative estimate of drug-likeness (QED) is 0.869. The predicted molar refractivity (Wildman–Crippen MR) is 79.6 cm³/mol. The summed E-state index contributed by atoms with van der Waals surface area (Å²) in [5, 5.41) is 13.1. The molecule has 1 aliphatic rings. The van der Waals surface area contributed by atoms with E-state index in [0.29, 0.717) is 36.8 Å². The van der Waals surface area contributed by atoms with E-state index in [4.69, 9.17) is 21.1 Å². The zero-order chi connectivity index (χ0) is 15.3. The van der Waals surface area contributed by atoms with Crippen molar-refractivity contribution in [3.63, 3.8) is 0 Å². The summed E-state index contributed by atoms with van der Waals surface area (Å²) >= 11 is 5.80. The van der Waals surface area contributed by atoms with Gasteiger partial charge in [0, 0.05) is 18.2 Å². The molecule has 0 saturated carbocycles. The van der Waals surface area contributed by atoms with Crippen molar-refractivity contribution < 1.29 is 19.4 Å². The second-order valence-corrected chi connectivity index (χ2v) is 5.69. The third kappa shape index (κ3) is 4.33. The fourth-order valence-corrected chi connectivity index (χ4v) is 2.34. The Morgan fingerprint density at radius 3 is 2.62 bits per heavy atom. The van der Waals surface area contributed by atoms with Gasteiger partial charge in [0.2, 0.25) is 0 Å². The Labute approximate surface area is 129 Å². The van der Waals surface area contributed by atoms with E-state index in [2.05, 4.69) is 5.32 Å². The van der Waals surface area contributed by atoms with Crippen molar-refractivity contribution in [1.29, 1.82) is 0 Å². The number of nitrogens with one attached hydrogen (secondary N) is 1. The number of aliphatic hydroxyl groups excluding tert-OH is 1. The van der Waals surface area contributed by atoms with Crippen LogP contribution in [0.3, 0.4) is 0 Å². The van der Waals surface area contributed by atoms with Gasteiger partial charge in [0.15, 0.2) is 6.10 Å². The van der Waals surface area contributed by atoms with E-state index in [1.165, 1.54) is 0 Å². The van der Waals surface area contributed by atoms with Crippen LogP contribution in [0, 0.1) is 0 Å². The molecule has 21 heavy (non-hydrogen) atoms. The molecule has 1 atom stereocenters. The summed E-state index contributed by atoms with van der Waals surface area (Å²) in [6.07, 6.45) is 0.545. The van der Waals surface area contributed by atoms with Crippen molar-refractivity contribution >= 4 is 17.5 Å². The largest absolute Gasteiger partial charge is 0.481 e. The number of aliphatic hydroxyl groups is 1. The minimum absolute atomic E-state index is 0.101. The number of ether oxygens (including phenoxy) is 2.